The van der Waals surface area contributed by atoms with Crippen LogP contribution in [0.1, 0.15) is 28.9 Å². The van der Waals surface area contributed by atoms with Gasteiger partial charge >= 0.3 is 0 Å². The maximum atomic E-state index is 13.0. The van der Waals surface area contributed by atoms with Crippen LogP contribution in [0.5, 0.6) is 0 Å². The normalized spacial score (nSPS) is 22.8. The van der Waals surface area contributed by atoms with Gasteiger partial charge in [-0.3, -0.25) is 14.6 Å². The molecule has 7 nitrogen and oxygen atoms in total. The quantitative estimate of drug-likeness (QED) is 0.839. The van der Waals surface area contributed by atoms with E-state index in [0.29, 0.717) is 31.7 Å². The van der Waals surface area contributed by atoms with Crippen LogP contribution in [0.2, 0.25) is 0 Å². The summed E-state index contributed by atoms with van der Waals surface area (Å²) in [7, 11) is 0. The summed E-state index contributed by atoms with van der Waals surface area (Å²) in [5.74, 6) is 0.0593. The summed E-state index contributed by atoms with van der Waals surface area (Å²) in [5, 5.41) is 7.46. The molecule has 7 heteroatoms. The first kappa shape index (κ1) is 15.7. The number of likely N-dealkylation sites (tertiary alicyclic amines) is 2. The number of pyridine rings is 1. The van der Waals surface area contributed by atoms with Crippen LogP contribution in [0.25, 0.3) is 0 Å². The van der Waals surface area contributed by atoms with Crippen LogP contribution < -0.4 is 0 Å². The Morgan fingerprint density at radius 1 is 1.12 bits per heavy atom. The molecule has 1 atom stereocenters. The van der Waals surface area contributed by atoms with E-state index < -0.39 is 5.41 Å². The molecule has 2 aromatic heterocycles. The number of carbonyl (C=O) groups excluding carboxylic acids is 2. The highest BCUT2D eigenvalue weighted by atomic mass is 16.2. The van der Waals surface area contributed by atoms with Gasteiger partial charge in [-0.15, -0.1) is 0 Å². The van der Waals surface area contributed by atoms with Crippen LogP contribution in [-0.4, -0.2) is 56.4 Å². The molecule has 2 fully saturated rings. The smallest absolute Gasteiger partial charge is 0.255 e. The SMILES string of the molecule is O=C(c1ccnnc1)N1CCC2(CCN(Cc3ccccn3)C2=O)C1. The van der Waals surface area contributed by atoms with Gasteiger partial charge in [0.1, 0.15) is 0 Å². The van der Waals surface area contributed by atoms with E-state index in [1.54, 1.807) is 17.2 Å². The summed E-state index contributed by atoms with van der Waals surface area (Å²) in [6.07, 6.45) is 6.22. The van der Waals surface area contributed by atoms with Gasteiger partial charge in [-0.25, -0.2) is 0 Å². The van der Waals surface area contributed by atoms with Crippen molar-refractivity contribution in [2.24, 2.45) is 5.41 Å². The maximum Gasteiger partial charge on any atom is 0.255 e. The van der Waals surface area contributed by atoms with Crippen LogP contribution >= 0.6 is 0 Å². The van der Waals surface area contributed by atoms with E-state index in [2.05, 4.69) is 15.2 Å². The number of rotatable bonds is 3. The summed E-state index contributed by atoms with van der Waals surface area (Å²) in [5.41, 5.74) is 0.967. The second-order valence-corrected chi connectivity index (χ2v) is 6.69. The molecular weight excluding hydrogens is 318 g/mol. The molecular formula is C18H19N5O2. The topological polar surface area (TPSA) is 79.3 Å². The summed E-state index contributed by atoms with van der Waals surface area (Å²) >= 11 is 0. The molecule has 1 unspecified atom stereocenters. The lowest BCUT2D eigenvalue weighted by atomic mass is 9.85. The van der Waals surface area contributed by atoms with Crippen molar-refractivity contribution >= 4 is 11.8 Å². The van der Waals surface area contributed by atoms with Crippen molar-refractivity contribution in [2.75, 3.05) is 19.6 Å². The molecule has 0 saturated carbocycles. The van der Waals surface area contributed by atoms with Crippen molar-refractivity contribution in [1.29, 1.82) is 0 Å². The minimum absolute atomic E-state index is 0.0808. The highest BCUT2D eigenvalue weighted by molar-refractivity contribution is 5.95. The van der Waals surface area contributed by atoms with Gasteiger partial charge in [-0.05, 0) is 31.0 Å². The number of aromatic nitrogens is 3. The first-order valence-corrected chi connectivity index (χ1v) is 8.43. The van der Waals surface area contributed by atoms with Gasteiger partial charge in [0.2, 0.25) is 5.91 Å². The van der Waals surface area contributed by atoms with Crippen molar-refractivity contribution in [3.8, 4) is 0 Å². The fraction of sp³-hybridized carbons (Fsp3) is 0.389. The standard InChI is InChI=1S/C18H19N5O2/c24-16(14-4-8-20-21-11-14)23-10-6-18(13-23)5-9-22(17(18)25)12-15-3-1-2-7-19-15/h1-4,7-8,11H,5-6,9-10,12-13H2. The van der Waals surface area contributed by atoms with Crippen LogP contribution in [0.3, 0.4) is 0 Å². The fourth-order valence-electron chi connectivity index (χ4n) is 3.76. The summed E-state index contributed by atoms with van der Waals surface area (Å²) in [4.78, 5) is 33.5. The van der Waals surface area contributed by atoms with Crippen LogP contribution in [-0.2, 0) is 11.3 Å². The molecule has 0 N–H and O–H groups in total. The third-order valence-electron chi connectivity index (χ3n) is 5.15. The first-order valence-electron chi connectivity index (χ1n) is 8.43. The molecule has 2 amide bonds. The Morgan fingerprint density at radius 2 is 2.00 bits per heavy atom. The van der Waals surface area contributed by atoms with E-state index in [9.17, 15) is 9.59 Å². The molecule has 2 aliphatic rings. The molecule has 2 saturated heterocycles. The molecule has 0 radical (unpaired) electrons. The average molecular weight is 337 g/mol. The van der Waals surface area contributed by atoms with E-state index in [0.717, 1.165) is 18.5 Å². The molecule has 4 heterocycles. The lowest BCUT2D eigenvalue weighted by Gasteiger charge is -2.23. The minimum Gasteiger partial charge on any atom is -0.337 e. The molecule has 0 aromatic carbocycles. The van der Waals surface area contributed by atoms with Crippen molar-refractivity contribution in [3.63, 3.8) is 0 Å². The second kappa shape index (κ2) is 6.23. The van der Waals surface area contributed by atoms with Gasteiger partial charge in [0, 0.05) is 25.8 Å². The lowest BCUT2D eigenvalue weighted by molar-refractivity contribution is -0.135. The predicted molar refractivity (Wildman–Crippen MR) is 89.3 cm³/mol. The van der Waals surface area contributed by atoms with Gasteiger partial charge in [-0.1, -0.05) is 6.07 Å². The van der Waals surface area contributed by atoms with Crippen LogP contribution in [0, 0.1) is 5.41 Å². The largest absolute Gasteiger partial charge is 0.337 e. The van der Waals surface area contributed by atoms with Crippen molar-refractivity contribution in [1.82, 2.24) is 25.0 Å². The van der Waals surface area contributed by atoms with Crippen molar-refractivity contribution in [2.45, 2.75) is 19.4 Å². The molecule has 4 rings (SSSR count). The molecule has 2 aliphatic heterocycles. The van der Waals surface area contributed by atoms with E-state index in [4.69, 9.17) is 0 Å². The maximum absolute atomic E-state index is 13.0. The van der Waals surface area contributed by atoms with Gasteiger partial charge in [0.05, 0.1) is 35.6 Å². The Bertz CT molecular complexity index is 783. The van der Waals surface area contributed by atoms with Crippen molar-refractivity contribution < 1.29 is 9.59 Å². The van der Waals surface area contributed by atoms with Gasteiger partial charge in [0.25, 0.3) is 5.91 Å². The minimum atomic E-state index is -0.440. The predicted octanol–water partition coefficient (Wildman–Crippen LogP) is 1.14. The molecule has 2 aromatic rings. The van der Waals surface area contributed by atoms with E-state index >= 15 is 0 Å². The number of nitrogens with zero attached hydrogens (tertiary/aromatic N) is 5. The summed E-state index contributed by atoms with van der Waals surface area (Å²) in [6.45, 7) is 2.33. The number of amides is 2. The Balaban J connectivity index is 1.45. The number of carbonyl (C=O) groups is 2. The molecule has 0 aliphatic carbocycles. The fourth-order valence-corrected chi connectivity index (χ4v) is 3.76. The van der Waals surface area contributed by atoms with E-state index in [-0.39, 0.29) is 11.8 Å². The third kappa shape index (κ3) is 2.86. The highest BCUT2D eigenvalue weighted by Gasteiger charge is 2.51. The Morgan fingerprint density at radius 3 is 2.76 bits per heavy atom. The van der Waals surface area contributed by atoms with Gasteiger partial charge in [0.15, 0.2) is 0 Å². The van der Waals surface area contributed by atoms with Crippen molar-refractivity contribution in [3.05, 3.63) is 54.1 Å². The number of hydrogen-bond acceptors (Lipinski definition) is 5. The lowest BCUT2D eigenvalue weighted by Crippen LogP contribution is -2.38. The Kier molecular flexibility index (Phi) is 3.91. The molecule has 1 spiro atoms. The summed E-state index contributed by atoms with van der Waals surface area (Å²) in [6, 6.07) is 7.38. The van der Waals surface area contributed by atoms with Crippen LogP contribution in [0.4, 0.5) is 0 Å². The molecule has 128 valence electrons. The molecule has 25 heavy (non-hydrogen) atoms. The van der Waals surface area contributed by atoms with Gasteiger partial charge in [-0.2, -0.15) is 10.2 Å². The zero-order valence-electron chi connectivity index (χ0n) is 13.8. The zero-order valence-corrected chi connectivity index (χ0v) is 13.8. The third-order valence-corrected chi connectivity index (χ3v) is 5.15. The molecule has 0 bridgehead atoms. The Labute approximate surface area is 145 Å². The Hall–Kier alpha value is -2.83. The van der Waals surface area contributed by atoms with Crippen LogP contribution in [0.15, 0.2) is 42.9 Å². The number of hydrogen-bond donors (Lipinski definition) is 0. The zero-order chi connectivity index (χ0) is 17.3. The van der Waals surface area contributed by atoms with E-state index in [1.165, 1.54) is 12.4 Å². The average Bonchev–Trinajstić information content (AvgIpc) is 3.23. The monoisotopic (exact) mass is 337 g/mol. The summed E-state index contributed by atoms with van der Waals surface area (Å²) < 4.78 is 0. The van der Waals surface area contributed by atoms with Gasteiger partial charge < -0.3 is 9.80 Å². The second-order valence-electron chi connectivity index (χ2n) is 6.69. The highest BCUT2D eigenvalue weighted by Crippen LogP contribution is 2.41. The van der Waals surface area contributed by atoms with E-state index in [1.807, 2.05) is 23.1 Å². The first-order chi connectivity index (χ1) is 12.2.